The van der Waals surface area contributed by atoms with Crippen LogP contribution in [0.25, 0.3) is 0 Å². The lowest BCUT2D eigenvalue weighted by molar-refractivity contribution is -0.147. The van der Waals surface area contributed by atoms with Crippen LogP contribution in [0.3, 0.4) is 0 Å². The number of aliphatic hydroxyl groups is 1. The summed E-state index contributed by atoms with van der Waals surface area (Å²) in [5, 5.41) is 10.9. The minimum atomic E-state index is -2.64. The zero-order valence-corrected chi connectivity index (χ0v) is 13.6. The van der Waals surface area contributed by atoms with Crippen molar-refractivity contribution in [3.8, 4) is 0 Å². The normalized spacial score (nSPS) is 17.8. The van der Waals surface area contributed by atoms with Gasteiger partial charge in [0.25, 0.3) is 0 Å². The standard InChI is InChI=1S/C10H15F2NO3.C7H8O/c1-16-9(15)8(13-6-14)7-2-4-10(11,12)5-3-7;8-6-7-4-2-1-3-5-7/h6-8H,2-5H2,1H3,(H,13,14);1-5,8H,6H2. The molecular formula is C17H23F2NO4. The largest absolute Gasteiger partial charge is 0.467 e. The van der Waals surface area contributed by atoms with Gasteiger partial charge in [-0.3, -0.25) is 4.79 Å². The summed E-state index contributed by atoms with van der Waals surface area (Å²) in [5.41, 5.74) is 0.965. The summed E-state index contributed by atoms with van der Waals surface area (Å²) in [6, 6.07) is 8.72. The van der Waals surface area contributed by atoms with Gasteiger partial charge in [0.2, 0.25) is 12.3 Å². The highest BCUT2D eigenvalue weighted by atomic mass is 19.3. The number of alkyl halides is 2. The first-order valence-corrected chi connectivity index (χ1v) is 7.73. The quantitative estimate of drug-likeness (QED) is 0.635. The molecule has 24 heavy (non-hydrogen) atoms. The van der Waals surface area contributed by atoms with Gasteiger partial charge < -0.3 is 15.2 Å². The van der Waals surface area contributed by atoms with Gasteiger partial charge in [0.15, 0.2) is 0 Å². The van der Waals surface area contributed by atoms with E-state index in [1.54, 1.807) is 0 Å². The number of ether oxygens (including phenoxy) is 1. The van der Waals surface area contributed by atoms with E-state index < -0.39 is 17.9 Å². The minimum absolute atomic E-state index is 0.140. The molecule has 1 aromatic carbocycles. The molecular weight excluding hydrogens is 320 g/mol. The third-order valence-electron chi connectivity index (χ3n) is 3.96. The summed E-state index contributed by atoms with van der Waals surface area (Å²) in [6.07, 6.45) is 0.340. The Morgan fingerprint density at radius 3 is 2.38 bits per heavy atom. The van der Waals surface area contributed by atoms with Crippen LogP contribution in [0.1, 0.15) is 31.2 Å². The average molecular weight is 343 g/mol. The molecule has 0 spiro atoms. The predicted octanol–water partition coefficient (Wildman–Crippen LogP) is 2.28. The van der Waals surface area contributed by atoms with E-state index in [-0.39, 0.29) is 38.2 Å². The molecule has 0 aromatic heterocycles. The van der Waals surface area contributed by atoms with Crippen LogP contribution in [0.2, 0.25) is 0 Å². The Balaban J connectivity index is 0.000000300. The van der Waals surface area contributed by atoms with Crippen LogP contribution in [0, 0.1) is 5.92 Å². The van der Waals surface area contributed by atoms with E-state index in [0.29, 0.717) is 6.41 Å². The fourth-order valence-electron chi connectivity index (χ4n) is 2.58. The number of benzene rings is 1. The highest BCUT2D eigenvalue weighted by Gasteiger charge is 2.39. The van der Waals surface area contributed by atoms with E-state index >= 15 is 0 Å². The van der Waals surface area contributed by atoms with Gasteiger partial charge in [0.1, 0.15) is 6.04 Å². The van der Waals surface area contributed by atoms with Crippen molar-refractivity contribution in [1.29, 1.82) is 0 Å². The maximum absolute atomic E-state index is 12.9. The molecule has 134 valence electrons. The van der Waals surface area contributed by atoms with Crippen molar-refractivity contribution in [2.24, 2.45) is 5.92 Å². The SMILES string of the molecule is COC(=O)C(NC=O)C1CCC(F)(F)CC1.OCc1ccccc1. The molecule has 0 saturated heterocycles. The molecule has 5 nitrogen and oxygen atoms in total. The van der Waals surface area contributed by atoms with Crippen LogP contribution in [-0.2, 0) is 20.9 Å². The second-order valence-corrected chi connectivity index (χ2v) is 5.62. The van der Waals surface area contributed by atoms with Crippen molar-refractivity contribution in [2.75, 3.05) is 7.11 Å². The summed E-state index contributed by atoms with van der Waals surface area (Å²) >= 11 is 0. The smallest absolute Gasteiger partial charge is 0.328 e. The summed E-state index contributed by atoms with van der Waals surface area (Å²) in [5.74, 6) is -3.49. The number of hydrogen-bond donors (Lipinski definition) is 2. The lowest BCUT2D eigenvalue weighted by Gasteiger charge is -2.31. The van der Waals surface area contributed by atoms with Gasteiger partial charge in [-0.2, -0.15) is 0 Å². The lowest BCUT2D eigenvalue weighted by Crippen LogP contribution is -2.45. The van der Waals surface area contributed by atoms with Gasteiger partial charge in [-0.1, -0.05) is 30.3 Å². The van der Waals surface area contributed by atoms with Gasteiger partial charge in [0, 0.05) is 12.8 Å². The van der Waals surface area contributed by atoms with Crippen LogP contribution in [0.15, 0.2) is 30.3 Å². The zero-order chi connectivity index (χ0) is 18.0. The molecule has 0 bridgehead atoms. The Kier molecular flexibility index (Phi) is 8.32. The maximum Gasteiger partial charge on any atom is 0.328 e. The number of carbonyl (C=O) groups is 2. The molecule has 1 unspecified atom stereocenters. The van der Waals surface area contributed by atoms with Gasteiger partial charge in [0.05, 0.1) is 13.7 Å². The van der Waals surface area contributed by atoms with Gasteiger partial charge in [-0.15, -0.1) is 0 Å². The van der Waals surface area contributed by atoms with E-state index in [9.17, 15) is 18.4 Å². The van der Waals surface area contributed by atoms with Crippen LogP contribution >= 0.6 is 0 Å². The van der Waals surface area contributed by atoms with E-state index in [0.717, 1.165) is 5.56 Å². The summed E-state index contributed by atoms with van der Waals surface area (Å²) in [6.45, 7) is 0.140. The van der Waals surface area contributed by atoms with Crippen LogP contribution < -0.4 is 5.32 Å². The number of rotatable bonds is 5. The fourth-order valence-corrected chi connectivity index (χ4v) is 2.58. The Hall–Kier alpha value is -2.02. The fraction of sp³-hybridized carbons (Fsp3) is 0.529. The van der Waals surface area contributed by atoms with Crippen LogP contribution in [-0.4, -0.2) is 36.6 Å². The lowest BCUT2D eigenvalue weighted by atomic mass is 9.82. The minimum Gasteiger partial charge on any atom is -0.467 e. The molecule has 2 rings (SSSR count). The number of hydrogen-bond acceptors (Lipinski definition) is 4. The molecule has 0 radical (unpaired) electrons. The summed E-state index contributed by atoms with van der Waals surface area (Å²) in [4.78, 5) is 21.7. The van der Waals surface area contributed by atoms with E-state index in [1.807, 2.05) is 30.3 Å². The van der Waals surface area contributed by atoms with Crippen molar-refractivity contribution in [2.45, 2.75) is 44.3 Å². The van der Waals surface area contributed by atoms with E-state index in [1.165, 1.54) is 7.11 Å². The number of methoxy groups -OCH3 is 1. The molecule has 2 N–H and O–H groups in total. The number of amides is 1. The molecule has 1 aromatic rings. The van der Waals surface area contributed by atoms with Crippen LogP contribution in [0.5, 0.6) is 0 Å². The number of carbonyl (C=O) groups excluding carboxylic acids is 2. The van der Waals surface area contributed by atoms with Crippen molar-refractivity contribution in [3.63, 3.8) is 0 Å². The molecule has 0 heterocycles. The van der Waals surface area contributed by atoms with Crippen molar-refractivity contribution < 1.29 is 28.2 Å². The van der Waals surface area contributed by atoms with Crippen molar-refractivity contribution in [3.05, 3.63) is 35.9 Å². The van der Waals surface area contributed by atoms with Gasteiger partial charge >= 0.3 is 5.97 Å². The first-order valence-electron chi connectivity index (χ1n) is 7.73. The van der Waals surface area contributed by atoms with E-state index in [2.05, 4.69) is 10.1 Å². The molecule has 1 amide bonds. The second kappa shape index (κ2) is 9.97. The third kappa shape index (κ3) is 6.62. The Labute approximate surface area is 140 Å². The monoisotopic (exact) mass is 343 g/mol. The number of aliphatic hydroxyl groups excluding tert-OH is 1. The molecule has 1 aliphatic carbocycles. The van der Waals surface area contributed by atoms with Gasteiger partial charge in [-0.05, 0) is 24.3 Å². The Morgan fingerprint density at radius 2 is 1.96 bits per heavy atom. The molecule has 1 aliphatic rings. The highest BCUT2D eigenvalue weighted by Crippen LogP contribution is 2.37. The third-order valence-corrected chi connectivity index (χ3v) is 3.96. The molecule has 1 atom stereocenters. The first-order chi connectivity index (χ1) is 11.4. The first kappa shape index (κ1) is 20.0. The topological polar surface area (TPSA) is 75.6 Å². The Bertz CT molecular complexity index is 501. The second-order valence-electron chi connectivity index (χ2n) is 5.62. The molecule has 7 heteroatoms. The highest BCUT2D eigenvalue weighted by molar-refractivity contribution is 5.78. The van der Waals surface area contributed by atoms with Gasteiger partial charge in [-0.25, -0.2) is 13.6 Å². The molecule has 1 saturated carbocycles. The maximum atomic E-state index is 12.9. The van der Waals surface area contributed by atoms with Crippen molar-refractivity contribution >= 4 is 12.4 Å². The number of esters is 1. The van der Waals surface area contributed by atoms with E-state index in [4.69, 9.17) is 5.11 Å². The molecule has 0 aliphatic heterocycles. The average Bonchev–Trinajstić information content (AvgIpc) is 2.61. The summed E-state index contributed by atoms with van der Waals surface area (Å²) in [7, 11) is 1.21. The molecule has 1 fully saturated rings. The van der Waals surface area contributed by atoms with Crippen LogP contribution in [0.4, 0.5) is 8.78 Å². The summed E-state index contributed by atoms with van der Waals surface area (Å²) < 4.78 is 30.3. The zero-order valence-electron chi connectivity index (χ0n) is 13.6. The Morgan fingerprint density at radius 1 is 1.38 bits per heavy atom. The number of halogens is 2. The van der Waals surface area contributed by atoms with Crippen molar-refractivity contribution in [1.82, 2.24) is 5.32 Å². The number of nitrogens with one attached hydrogen (secondary N) is 1. The predicted molar refractivity (Wildman–Crippen MR) is 84.3 cm³/mol.